The Kier molecular flexibility index (Phi) is 4.53. The minimum Gasteiger partial charge on any atom is -0.480 e. The molecule has 0 heterocycles. The van der Waals surface area contributed by atoms with E-state index < -0.39 is 36.1 Å². The number of alkyl halides is 3. The van der Waals surface area contributed by atoms with Crippen molar-refractivity contribution in [1.29, 1.82) is 0 Å². The molecule has 3 atom stereocenters. The minimum absolute atomic E-state index is 0.305. The zero-order valence-electron chi connectivity index (χ0n) is 12.5. The van der Waals surface area contributed by atoms with Crippen LogP contribution >= 0.6 is 0 Å². The quantitative estimate of drug-likeness (QED) is 0.901. The van der Waals surface area contributed by atoms with Gasteiger partial charge >= 0.3 is 12.3 Å². The van der Waals surface area contributed by atoms with Crippen LogP contribution in [0, 0.1) is 5.92 Å². The molecule has 1 saturated carbocycles. The fraction of sp³-hybridized carbons (Fsp3) is 0.467. The van der Waals surface area contributed by atoms with Crippen molar-refractivity contribution in [2.75, 3.05) is 7.05 Å². The maximum Gasteiger partial charge on any atom is 0.573 e. The minimum atomic E-state index is -4.81. The molecule has 1 aliphatic carbocycles. The average Bonchev–Trinajstić information content (AvgIpc) is 3.24. The molecule has 1 fully saturated rings. The first-order valence-electron chi connectivity index (χ1n) is 6.96. The summed E-state index contributed by atoms with van der Waals surface area (Å²) >= 11 is 0. The molecule has 0 radical (unpaired) electrons. The van der Waals surface area contributed by atoms with E-state index in [4.69, 9.17) is 5.11 Å². The third-order valence-electron chi connectivity index (χ3n) is 3.94. The van der Waals surface area contributed by atoms with Gasteiger partial charge in [0.1, 0.15) is 11.8 Å². The fourth-order valence-corrected chi connectivity index (χ4v) is 2.43. The normalized spacial score (nSPS) is 21.4. The van der Waals surface area contributed by atoms with Crippen molar-refractivity contribution in [2.45, 2.75) is 31.7 Å². The summed E-state index contributed by atoms with van der Waals surface area (Å²) in [7, 11) is 1.37. The number of benzene rings is 1. The standard InChI is InChI=1S/C15H16F3NO4/c1-8(14(21)22)19(2)13(20)11-7-10(11)9-5-3-4-6-12(9)23-15(16,17)18/h3-6,8,10-11H,7H2,1-2H3,(H,21,22)/t8-,10+,11+/m1/s1. The number of carboxylic acid groups (broad SMARTS) is 1. The molecule has 0 aromatic heterocycles. The third-order valence-corrected chi connectivity index (χ3v) is 3.94. The summed E-state index contributed by atoms with van der Waals surface area (Å²) in [4.78, 5) is 24.2. The van der Waals surface area contributed by atoms with Crippen LogP contribution in [0.2, 0.25) is 0 Å². The zero-order valence-corrected chi connectivity index (χ0v) is 12.5. The molecule has 5 nitrogen and oxygen atoms in total. The molecule has 23 heavy (non-hydrogen) atoms. The number of amides is 1. The number of hydrogen-bond donors (Lipinski definition) is 1. The average molecular weight is 331 g/mol. The predicted molar refractivity (Wildman–Crippen MR) is 73.8 cm³/mol. The first-order valence-corrected chi connectivity index (χ1v) is 6.96. The molecule has 0 aliphatic heterocycles. The maximum absolute atomic E-state index is 12.4. The highest BCUT2D eigenvalue weighted by Gasteiger charge is 2.48. The number of nitrogens with zero attached hydrogens (tertiary/aromatic N) is 1. The van der Waals surface area contributed by atoms with E-state index in [1.165, 1.54) is 32.2 Å². The highest BCUT2D eigenvalue weighted by atomic mass is 19.4. The summed E-state index contributed by atoms with van der Waals surface area (Å²) in [6, 6.07) is 4.68. The molecule has 0 bridgehead atoms. The van der Waals surface area contributed by atoms with Crippen LogP contribution in [0.25, 0.3) is 0 Å². The third kappa shape index (κ3) is 3.94. The topological polar surface area (TPSA) is 66.8 Å². The molecular formula is C15H16F3NO4. The lowest BCUT2D eigenvalue weighted by Crippen LogP contribution is -2.41. The van der Waals surface area contributed by atoms with E-state index in [0.717, 1.165) is 4.90 Å². The Morgan fingerprint density at radius 2 is 1.96 bits per heavy atom. The first kappa shape index (κ1) is 17.1. The molecular weight excluding hydrogens is 315 g/mol. The number of carboxylic acids is 1. The Labute approximate surface area is 130 Å². The number of likely N-dealkylation sites (N-methyl/N-ethyl adjacent to an activating group) is 1. The van der Waals surface area contributed by atoms with Gasteiger partial charge in [0.15, 0.2) is 0 Å². The number of carbonyl (C=O) groups is 2. The Balaban J connectivity index is 2.12. The highest BCUT2D eigenvalue weighted by molar-refractivity contribution is 5.87. The van der Waals surface area contributed by atoms with Gasteiger partial charge in [-0.15, -0.1) is 13.2 Å². The molecule has 1 amide bonds. The number of carbonyl (C=O) groups excluding carboxylic acids is 1. The maximum atomic E-state index is 12.4. The second-order valence-electron chi connectivity index (χ2n) is 5.50. The van der Waals surface area contributed by atoms with Crippen LogP contribution in [0.3, 0.4) is 0 Å². The molecule has 1 N–H and O–H groups in total. The van der Waals surface area contributed by atoms with Crippen LogP contribution < -0.4 is 4.74 Å². The lowest BCUT2D eigenvalue weighted by atomic mass is 10.1. The van der Waals surface area contributed by atoms with Gasteiger partial charge in [0.2, 0.25) is 5.91 Å². The summed E-state index contributed by atoms with van der Waals surface area (Å²) in [5.74, 6) is -2.79. The van der Waals surface area contributed by atoms with Gasteiger partial charge in [-0.25, -0.2) is 4.79 Å². The van der Waals surface area contributed by atoms with Crippen LogP contribution in [0.15, 0.2) is 24.3 Å². The number of hydrogen-bond acceptors (Lipinski definition) is 3. The molecule has 1 aliphatic rings. The van der Waals surface area contributed by atoms with Gasteiger partial charge in [0.25, 0.3) is 0 Å². The number of aliphatic carboxylic acids is 1. The fourth-order valence-electron chi connectivity index (χ4n) is 2.43. The van der Waals surface area contributed by atoms with E-state index in [-0.39, 0.29) is 5.75 Å². The second kappa shape index (κ2) is 6.10. The van der Waals surface area contributed by atoms with Gasteiger partial charge in [0.05, 0.1) is 0 Å². The van der Waals surface area contributed by atoms with Gasteiger partial charge in [0, 0.05) is 13.0 Å². The molecule has 1 aromatic carbocycles. The molecule has 0 spiro atoms. The Morgan fingerprint density at radius 3 is 2.52 bits per heavy atom. The Bertz CT molecular complexity index is 617. The number of rotatable bonds is 5. The predicted octanol–water partition coefficient (Wildman–Crippen LogP) is 2.62. The van der Waals surface area contributed by atoms with E-state index in [1.54, 1.807) is 6.07 Å². The van der Waals surface area contributed by atoms with E-state index in [1.807, 2.05) is 0 Å². The summed E-state index contributed by atoms with van der Waals surface area (Å²) in [6.07, 6.45) is -4.44. The first-order chi connectivity index (χ1) is 10.6. The van der Waals surface area contributed by atoms with Crippen molar-refractivity contribution in [3.8, 4) is 5.75 Å². The lowest BCUT2D eigenvalue weighted by molar-refractivity contribution is -0.274. The van der Waals surface area contributed by atoms with Gasteiger partial charge in [-0.1, -0.05) is 18.2 Å². The van der Waals surface area contributed by atoms with E-state index >= 15 is 0 Å². The van der Waals surface area contributed by atoms with E-state index in [9.17, 15) is 22.8 Å². The molecule has 8 heteroatoms. The summed E-state index contributed by atoms with van der Waals surface area (Å²) in [5, 5.41) is 8.92. The van der Waals surface area contributed by atoms with Gasteiger partial charge in [-0.05, 0) is 30.9 Å². The zero-order chi connectivity index (χ0) is 17.4. The van der Waals surface area contributed by atoms with Crippen molar-refractivity contribution in [3.63, 3.8) is 0 Å². The summed E-state index contributed by atoms with van der Waals surface area (Å²) < 4.78 is 41.3. The number of ether oxygens (including phenoxy) is 1. The van der Waals surface area contributed by atoms with E-state index in [2.05, 4.69) is 4.74 Å². The van der Waals surface area contributed by atoms with Crippen LogP contribution in [0.1, 0.15) is 24.8 Å². The molecule has 1 aromatic rings. The number of halogens is 3. The second-order valence-corrected chi connectivity index (χ2v) is 5.50. The van der Waals surface area contributed by atoms with Crippen LogP contribution in [0.4, 0.5) is 13.2 Å². The van der Waals surface area contributed by atoms with Crippen molar-refractivity contribution in [2.24, 2.45) is 5.92 Å². The van der Waals surface area contributed by atoms with Crippen LogP contribution in [-0.2, 0) is 9.59 Å². The van der Waals surface area contributed by atoms with E-state index in [0.29, 0.717) is 12.0 Å². The summed E-state index contributed by atoms with van der Waals surface area (Å²) in [5.41, 5.74) is 0.305. The van der Waals surface area contributed by atoms with Crippen molar-refractivity contribution < 1.29 is 32.6 Å². The molecule has 0 saturated heterocycles. The Hall–Kier alpha value is -2.25. The highest BCUT2D eigenvalue weighted by Crippen LogP contribution is 2.51. The smallest absolute Gasteiger partial charge is 0.480 e. The SMILES string of the molecule is C[C@H](C(=O)O)N(C)C(=O)[C@H]1C[C@H]1c1ccccc1OC(F)(F)F. The summed E-state index contributed by atoms with van der Waals surface area (Å²) in [6.45, 7) is 1.37. The van der Waals surface area contributed by atoms with Crippen molar-refractivity contribution in [3.05, 3.63) is 29.8 Å². The number of para-hydroxylation sites is 1. The monoisotopic (exact) mass is 331 g/mol. The lowest BCUT2D eigenvalue weighted by Gasteiger charge is -2.21. The van der Waals surface area contributed by atoms with Crippen LogP contribution in [-0.4, -0.2) is 41.3 Å². The Morgan fingerprint density at radius 1 is 1.35 bits per heavy atom. The molecule has 2 rings (SSSR count). The van der Waals surface area contributed by atoms with Crippen molar-refractivity contribution >= 4 is 11.9 Å². The largest absolute Gasteiger partial charge is 0.573 e. The van der Waals surface area contributed by atoms with Gasteiger partial charge in [-0.3, -0.25) is 4.79 Å². The van der Waals surface area contributed by atoms with Crippen molar-refractivity contribution in [1.82, 2.24) is 4.90 Å². The van der Waals surface area contributed by atoms with Crippen LogP contribution in [0.5, 0.6) is 5.75 Å². The van der Waals surface area contributed by atoms with Gasteiger partial charge < -0.3 is 14.7 Å². The molecule has 0 unspecified atom stereocenters. The molecule has 126 valence electrons. The van der Waals surface area contributed by atoms with Gasteiger partial charge in [-0.2, -0.15) is 0 Å².